The molecule has 0 aromatic rings. The molecular formula is C67H116O6. The summed E-state index contributed by atoms with van der Waals surface area (Å²) in [6.45, 7) is 6.50. The third kappa shape index (κ3) is 59.3. The highest BCUT2D eigenvalue weighted by molar-refractivity contribution is 5.71. The van der Waals surface area contributed by atoms with Crippen LogP contribution in [-0.2, 0) is 28.6 Å². The van der Waals surface area contributed by atoms with Gasteiger partial charge in [0.15, 0.2) is 6.10 Å². The lowest BCUT2D eigenvalue weighted by molar-refractivity contribution is -0.167. The van der Waals surface area contributed by atoms with Crippen molar-refractivity contribution in [1.82, 2.24) is 0 Å². The van der Waals surface area contributed by atoms with Gasteiger partial charge in [0.1, 0.15) is 13.2 Å². The van der Waals surface area contributed by atoms with Crippen molar-refractivity contribution in [3.8, 4) is 0 Å². The molecule has 0 saturated carbocycles. The smallest absolute Gasteiger partial charge is 0.306 e. The fraction of sp³-hybridized carbons (Fsp3) is 0.746. The summed E-state index contributed by atoms with van der Waals surface area (Å²) in [4.78, 5) is 38.3. The zero-order valence-electron chi connectivity index (χ0n) is 48.1. The number of unbranched alkanes of at least 4 members (excludes halogenated alkanes) is 31. The summed E-state index contributed by atoms with van der Waals surface area (Å²) in [5.74, 6) is -0.914. The van der Waals surface area contributed by atoms with Crippen LogP contribution >= 0.6 is 0 Å². The molecule has 0 fully saturated rings. The second-order valence-electron chi connectivity index (χ2n) is 20.6. The Morgan fingerprint density at radius 1 is 0.288 bits per heavy atom. The van der Waals surface area contributed by atoms with Crippen LogP contribution in [0.1, 0.15) is 303 Å². The highest BCUT2D eigenvalue weighted by Crippen LogP contribution is 2.16. The minimum atomic E-state index is -0.795. The summed E-state index contributed by atoms with van der Waals surface area (Å²) < 4.78 is 16.9. The Morgan fingerprint density at radius 2 is 0.534 bits per heavy atom. The van der Waals surface area contributed by atoms with Crippen LogP contribution in [0.5, 0.6) is 0 Å². The number of esters is 3. The first kappa shape index (κ1) is 69.6. The molecule has 0 bridgehead atoms. The monoisotopic (exact) mass is 1020 g/mol. The number of rotatable bonds is 56. The van der Waals surface area contributed by atoms with Gasteiger partial charge in [-0.25, -0.2) is 0 Å². The maximum Gasteiger partial charge on any atom is 0.306 e. The fourth-order valence-electron chi connectivity index (χ4n) is 8.69. The first-order valence-corrected chi connectivity index (χ1v) is 31.1. The molecule has 0 rings (SSSR count). The Kier molecular flexibility index (Phi) is 58.3. The second kappa shape index (κ2) is 61.1. The van der Waals surface area contributed by atoms with Crippen molar-refractivity contribution in [3.05, 3.63) is 85.1 Å². The number of allylic oxidation sites excluding steroid dienone is 14. The summed E-state index contributed by atoms with van der Waals surface area (Å²) in [7, 11) is 0. The molecule has 0 aromatic carbocycles. The molecule has 420 valence electrons. The van der Waals surface area contributed by atoms with Crippen molar-refractivity contribution in [1.29, 1.82) is 0 Å². The number of carbonyl (C=O) groups is 3. The lowest BCUT2D eigenvalue weighted by atomic mass is 10.1. The second-order valence-corrected chi connectivity index (χ2v) is 20.6. The molecule has 0 aliphatic rings. The lowest BCUT2D eigenvalue weighted by Gasteiger charge is -2.18. The quantitative estimate of drug-likeness (QED) is 0.0261. The average Bonchev–Trinajstić information content (AvgIpc) is 3.39. The largest absolute Gasteiger partial charge is 0.462 e. The van der Waals surface area contributed by atoms with Gasteiger partial charge in [-0.2, -0.15) is 0 Å². The van der Waals surface area contributed by atoms with Crippen molar-refractivity contribution >= 4 is 17.9 Å². The van der Waals surface area contributed by atoms with Gasteiger partial charge in [0.05, 0.1) is 0 Å². The Morgan fingerprint density at radius 3 is 0.877 bits per heavy atom. The third-order valence-corrected chi connectivity index (χ3v) is 13.4. The van der Waals surface area contributed by atoms with Crippen LogP contribution in [0.3, 0.4) is 0 Å². The van der Waals surface area contributed by atoms with E-state index in [2.05, 4.69) is 106 Å². The van der Waals surface area contributed by atoms with Crippen LogP contribution in [0.4, 0.5) is 0 Å². The standard InChI is InChI=1S/C67H116O6/c1-4-7-10-13-16-19-22-25-28-31-32-33-34-37-39-42-45-48-51-54-57-60-66(69)72-63-64(73-67(70)61-58-55-52-49-46-43-40-36-30-27-24-21-18-15-12-9-6-3)62-71-65(68)59-56-53-50-47-44-41-38-35-29-26-23-20-17-14-11-8-5-2/h9,12,17-18,20-21,26-27,29-32,40,43,64H,4-8,10-11,13-16,19,22-25,28,33-39,41-42,44-63H2,1-3H3/b12-9-,20-17-,21-18-,29-26-,30-27-,32-31-,43-40-. The van der Waals surface area contributed by atoms with E-state index in [0.717, 1.165) is 109 Å². The van der Waals surface area contributed by atoms with Crippen molar-refractivity contribution in [2.45, 2.75) is 309 Å². The molecule has 1 atom stereocenters. The highest BCUT2D eigenvalue weighted by Gasteiger charge is 2.19. The van der Waals surface area contributed by atoms with Gasteiger partial charge in [-0.1, -0.05) is 254 Å². The molecule has 0 radical (unpaired) electrons. The maximum absolute atomic E-state index is 12.9. The topological polar surface area (TPSA) is 78.9 Å². The van der Waals surface area contributed by atoms with Gasteiger partial charge in [-0.3, -0.25) is 14.4 Å². The molecule has 73 heavy (non-hydrogen) atoms. The molecule has 0 amide bonds. The summed E-state index contributed by atoms with van der Waals surface area (Å²) in [6, 6.07) is 0. The van der Waals surface area contributed by atoms with Gasteiger partial charge in [-0.05, 0) is 116 Å². The van der Waals surface area contributed by atoms with E-state index in [1.165, 1.54) is 154 Å². The van der Waals surface area contributed by atoms with Crippen molar-refractivity contribution in [3.63, 3.8) is 0 Å². The van der Waals surface area contributed by atoms with Crippen molar-refractivity contribution in [2.75, 3.05) is 13.2 Å². The van der Waals surface area contributed by atoms with E-state index in [1.54, 1.807) is 0 Å². The van der Waals surface area contributed by atoms with Crippen LogP contribution in [0.25, 0.3) is 0 Å². The molecule has 0 aliphatic carbocycles. The van der Waals surface area contributed by atoms with Gasteiger partial charge in [0.2, 0.25) is 0 Å². The Balaban J connectivity index is 4.41. The molecular weight excluding hydrogens is 901 g/mol. The van der Waals surface area contributed by atoms with Crippen LogP contribution < -0.4 is 0 Å². The first-order valence-electron chi connectivity index (χ1n) is 31.1. The van der Waals surface area contributed by atoms with E-state index >= 15 is 0 Å². The normalized spacial score (nSPS) is 12.6. The maximum atomic E-state index is 12.9. The van der Waals surface area contributed by atoms with Crippen molar-refractivity contribution < 1.29 is 28.6 Å². The fourth-order valence-corrected chi connectivity index (χ4v) is 8.69. The number of ether oxygens (including phenoxy) is 3. The van der Waals surface area contributed by atoms with Crippen molar-refractivity contribution in [2.24, 2.45) is 0 Å². The lowest BCUT2D eigenvalue weighted by Crippen LogP contribution is -2.30. The SMILES string of the molecule is CC/C=C\C/C=C\C/C=C\C/C=C\CCCCCCC(=O)OC(COC(=O)CCCCCCCCC/C=C\C/C=C\CCCCC)COC(=O)CCCCCCCCCCC/C=C\CCCCCCCCCC. The van der Waals surface area contributed by atoms with Crippen LogP contribution in [0, 0.1) is 0 Å². The van der Waals surface area contributed by atoms with E-state index in [9.17, 15) is 14.4 Å². The first-order chi connectivity index (χ1) is 36.0. The van der Waals surface area contributed by atoms with Gasteiger partial charge in [0, 0.05) is 19.3 Å². The summed E-state index contributed by atoms with van der Waals surface area (Å²) in [6.07, 6.45) is 80.1. The predicted molar refractivity (Wildman–Crippen MR) is 316 cm³/mol. The highest BCUT2D eigenvalue weighted by atomic mass is 16.6. The molecule has 0 aromatic heterocycles. The van der Waals surface area contributed by atoms with Crippen LogP contribution in [0.15, 0.2) is 85.1 Å². The van der Waals surface area contributed by atoms with Gasteiger partial charge in [0.25, 0.3) is 0 Å². The molecule has 6 nitrogen and oxygen atoms in total. The predicted octanol–water partition coefficient (Wildman–Crippen LogP) is 21.1. The number of carbonyl (C=O) groups excluding carboxylic acids is 3. The number of hydrogen-bond donors (Lipinski definition) is 0. The molecule has 0 N–H and O–H groups in total. The Labute approximate surface area is 452 Å². The molecule has 1 unspecified atom stereocenters. The molecule has 0 spiro atoms. The van der Waals surface area contributed by atoms with Gasteiger partial charge in [-0.15, -0.1) is 0 Å². The van der Waals surface area contributed by atoms with E-state index in [4.69, 9.17) is 14.2 Å². The van der Waals surface area contributed by atoms with E-state index in [-0.39, 0.29) is 31.1 Å². The Hall–Kier alpha value is -3.41. The van der Waals surface area contributed by atoms with Gasteiger partial charge < -0.3 is 14.2 Å². The summed E-state index contributed by atoms with van der Waals surface area (Å²) in [5, 5.41) is 0. The zero-order valence-corrected chi connectivity index (χ0v) is 48.1. The molecule has 0 aliphatic heterocycles. The molecule has 0 saturated heterocycles. The van der Waals surface area contributed by atoms with Crippen LogP contribution in [-0.4, -0.2) is 37.2 Å². The minimum Gasteiger partial charge on any atom is -0.462 e. The zero-order chi connectivity index (χ0) is 52.9. The van der Waals surface area contributed by atoms with E-state index in [0.29, 0.717) is 19.3 Å². The summed E-state index contributed by atoms with van der Waals surface area (Å²) >= 11 is 0. The van der Waals surface area contributed by atoms with Gasteiger partial charge >= 0.3 is 17.9 Å². The van der Waals surface area contributed by atoms with E-state index < -0.39 is 6.10 Å². The third-order valence-electron chi connectivity index (χ3n) is 13.4. The molecule has 0 heterocycles. The van der Waals surface area contributed by atoms with E-state index in [1.807, 2.05) is 0 Å². The van der Waals surface area contributed by atoms with Crippen LogP contribution in [0.2, 0.25) is 0 Å². The Bertz CT molecular complexity index is 1400. The average molecular weight is 1020 g/mol. The molecule has 6 heteroatoms. The number of hydrogen-bond acceptors (Lipinski definition) is 6. The summed E-state index contributed by atoms with van der Waals surface area (Å²) in [5.41, 5.74) is 0. The minimum absolute atomic E-state index is 0.0896.